The molecule has 0 aliphatic rings. The van der Waals surface area contributed by atoms with Gasteiger partial charge in [-0.05, 0) is 48.9 Å². The smallest absolute Gasteiger partial charge is 0.344 e. The number of esters is 2. The Hall–Kier alpha value is -3.28. The lowest BCUT2D eigenvalue weighted by Crippen LogP contribution is -2.17. The fraction of sp³-hybridized carbons (Fsp3) is 0.556. The van der Waals surface area contributed by atoms with Crippen molar-refractivity contribution < 1.29 is 28.5 Å². The van der Waals surface area contributed by atoms with Gasteiger partial charge in [-0.1, -0.05) is 103 Å². The second kappa shape index (κ2) is 18.3. The Morgan fingerprint density at radius 1 is 0.524 bits per heavy atom. The van der Waals surface area contributed by atoms with Crippen LogP contribution in [-0.2, 0) is 31.9 Å². The van der Waals surface area contributed by atoms with Gasteiger partial charge in [-0.3, -0.25) is 0 Å². The Balaban J connectivity index is 1.83. The molecule has 6 nitrogen and oxygen atoms in total. The third-order valence-corrected chi connectivity index (χ3v) is 7.65. The summed E-state index contributed by atoms with van der Waals surface area (Å²) in [7, 11) is 0. The number of hydrogen-bond acceptors (Lipinski definition) is 6. The van der Waals surface area contributed by atoms with E-state index in [1.54, 1.807) is 0 Å². The second-order valence-corrected chi connectivity index (χ2v) is 11.0. The largest absolute Gasteiger partial charge is 0.481 e. The van der Waals surface area contributed by atoms with E-state index in [4.69, 9.17) is 18.9 Å². The lowest BCUT2D eigenvalue weighted by Gasteiger charge is -2.19. The third kappa shape index (κ3) is 9.92. The van der Waals surface area contributed by atoms with Crippen molar-refractivity contribution in [3.8, 4) is 11.5 Å². The molecule has 0 N–H and O–H groups in total. The van der Waals surface area contributed by atoms with Crippen LogP contribution in [0, 0.1) is 0 Å². The van der Waals surface area contributed by atoms with Gasteiger partial charge >= 0.3 is 11.9 Å². The van der Waals surface area contributed by atoms with Crippen molar-refractivity contribution in [2.45, 2.75) is 105 Å². The number of benzene rings is 3. The fourth-order valence-electron chi connectivity index (χ4n) is 5.12. The molecule has 6 heteroatoms. The summed E-state index contributed by atoms with van der Waals surface area (Å²) in [6.07, 6.45) is 12.6. The molecule has 0 spiro atoms. The van der Waals surface area contributed by atoms with Crippen LogP contribution >= 0.6 is 0 Å². The highest BCUT2D eigenvalue weighted by Crippen LogP contribution is 2.43. The van der Waals surface area contributed by atoms with E-state index >= 15 is 0 Å². The molecule has 3 rings (SSSR count). The van der Waals surface area contributed by atoms with Crippen LogP contribution in [0.5, 0.6) is 11.5 Å². The maximum Gasteiger partial charge on any atom is 0.344 e. The minimum atomic E-state index is -0.374. The number of aryl methyl sites for hydroxylation is 2. The van der Waals surface area contributed by atoms with E-state index in [1.807, 2.05) is 12.1 Å². The van der Waals surface area contributed by atoms with E-state index in [-0.39, 0.29) is 25.2 Å². The van der Waals surface area contributed by atoms with Crippen LogP contribution in [0.3, 0.4) is 0 Å². The van der Waals surface area contributed by atoms with Gasteiger partial charge in [-0.2, -0.15) is 0 Å². The van der Waals surface area contributed by atoms with Gasteiger partial charge in [0.25, 0.3) is 0 Å². The summed E-state index contributed by atoms with van der Waals surface area (Å²) in [6, 6.07) is 12.3. The first-order chi connectivity index (χ1) is 20.5. The molecular formula is C36H50O6. The molecule has 0 heterocycles. The molecule has 0 aromatic heterocycles. The highest BCUT2D eigenvalue weighted by atomic mass is 16.6. The molecule has 0 bridgehead atoms. The van der Waals surface area contributed by atoms with Gasteiger partial charge in [0, 0.05) is 21.5 Å². The highest BCUT2D eigenvalue weighted by Gasteiger charge is 2.19. The molecule has 3 aromatic rings. The molecular weight excluding hydrogens is 528 g/mol. The number of fused-ring (bicyclic) bond motifs is 2. The molecule has 0 amide bonds. The van der Waals surface area contributed by atoms with Crippen molar-refractivity contribution in [2.24, 2.45) is 0 Å². The van der Waals surface area contributed by atoms with Crippen LogP contribution in [0.2, 0.25) is 0 Å². The van der Waals surface area contributed by atoms with Gasteiger partial charge in [-0.25, -0.2) is 9.59 Å². The molecule has 230 valence electrons. The fourth-order valence-corrected chi connectivity index (χ4v) is 5.12. The molecule has 42 heavy (non-hydrogen) atoms. The van der Waals surface area contributed by atoms with Crippen molar-refractivity contribution in [3.63, 3.8) is 0 Å². The minimum absolute atomic E-state index is 0.171. The first-order valence-electron chi connectivity index (χ1n) is 16.1. The van der Waals surface area contributed by atoms with Gasteiger partial charge in [0.1, 0.15) is 11.5 Å². The van der Waals surface area contributed by atoms with Gasteiger partial charge in [0.15, 0.2) is 13.2 Å². The zero-order valence-electron chi connectivity index (χ0n) is 26.2. The number of ether oxygens (including phenoxy) is 4. The topological polar surface area (TPSA) is 71.1 Å². The van der Waals surface area contributed by atoms with Crippen LogP contribution in [0.15, 0.2) is 36.4 Å². The lowest BCUT2D eigenvalue weighted by atomic mass is 9.96. The molecule has 0 fully saturated rings. The minimum Gasteiger partial charge on any atom is -0.481 e. The van der Waals surface area contributed by atoms with Gasteiger partial charge < -0.3 is 18.9 Å². The molecule has 0 saturated heterocycles. The monoisotopic (exact) mass is 578 g/mol. The van der Waals surface area contributed by atoms with E-state index in [0.29, 0.717) is 24.7 Å². The van der Waals surface area contributed by atoms with Crippen LogP contribution in [0.25, 0.3) is 21.5 Å². The first kappa shape index (κ1) is 33.2. The number of hydrogen-bond donors (Lipinski definition) is 0. The average molecular weight is 579 g/mol. The highest BCUT2D eigenvalue weighted by molar-refractivity contribution is 6.11. The molecule has 0 radical (unpaired) electrons. The molecule has 3 aromatic carbocycles. The van der Waals surface area contributed by atoms with Crippen molar-refractivity contribution in [1.29, 1.82) is 0 Å². The van der Waals surface area contributed by atoms with E-state index in [0.717, 1.165) is 84.0 Å². The zero-order chi connectivity index (χ0) is 30.2. The maximum atomic E-state index is 12.6. The number of rotatable bonds is 20. The van der Waals surface area contributed by atoms with Crippen molar-refractivity contribution >= 4 is 33.5 Å². The van der Waals surface area contributed by atoms with Crippen molar-refractivity contribution in [1.82, 2.24) is 0 Å². The Morgan fingerprint density at radius 2 is 0.929 bits per heavy atom. The summed E-state index contributed by atoms with van der Waals surface area (Å²) >= 11 is 0. The normalized spacial score (nSPS) is 11.1. The first-order valence-corrected chi connectivity index (χ1v) is 16.1. The maximum absolute atomic E-state index is 12.6. The van der Waals surface area contributed by atoms with Crippen LogP contribution in [0.1, 0.15) is 103 Å². The van der Waals surface area contributed by atoms with Gasteiger partial charge in [0.2, 0.25) is 0 Å². The lowest BCUT2D eigenvalue weighted by molar-refractivity contribution is -0.147. The number of carbonyl (C=O) groups is 2. The second-order valence-electron chi connectivity index (χ2n) is 11.0. The third-order valence-electron chi connectivity index (χ3n) is 7.65. The Labute approximate surface area is 252 Å². The summed E-state index contributed by atoms with van der Waals surface area (Å²) in [4.78, 5) is 25.2. The SMILES string of the molecule is CCCCCCCOC(=O)COc1c2ccc(CC)cc2c(OCC(=O)OCCCCCCC)c2ccc(CC)cc12. The summed E-state index contributed by atoms with van der Waals surface area (Å²) in [5, 5.41) is 3.36. The standard InChI is InChI=1S/C36H50O6/c1-5-9-11-13-15-21-39-33(37)25-41-35-29-19-17-28(8-4)24-32(29)36(30-20-18-27(7-3)23-31(30)35)42-26-34(38)40-22-16-14-12-10-6-2/h17-20,23-24H,5-16,21-22,25-26H2,1-4H3. The van der Waals surface area contributed by atoms with Gasteiger partial charge in [0.05, 0.1) is 13.2 Å². The molecule has 0 aliphatic carbocycles. The van der Waals surface area contributed by atoms with Crippen LogP contribution in [0.4, 0.5) is 0 Å². The van der Waals surface area contributed by atoms with Crippen molar-refractivity contribution in [3.05, 3.63) is 47.5 Å². The predicted octanol–water partition coefficient (Wildman–Crippen LogP) is 8.90. The van der Waals surface area contributed by atoms with E-state index < -0.39 is 0 Å². The summed E-state index contributed by atoms with van der Waals surface area (Å²) in [6.45, 7) is 9.05. The summed E-state index contributed by atoms with van der Waals surface area (Å²) < 4.78 is 23.3. The molecule has 0 saturated carbocycles. The Morgan fingerprint density at radius 3 is 1.31 bits per heavy atom. The quantitative estimate of drug-likeness (QED) is 0.0757. The van der Waals surface area contributed by atoms with Crippen LogP contribution < -0.4 is 9.47 Å². The van der Waals surface area contributed by atoms with E-state index in [9.17, 15) is 9.59 Å². The molecule has 0 unspecified atom stereocenters. The van der Waals surface area contributed by atoms with Crippen molar-refractivity contribution in [2.75, 3.05) is 26.4 Å². The number of carbonyl (C=O) groups excluding carboxylic acids is 2. The van der Waals surface area contributed by atoms with E-state index in [2.05, 4.69) is 52.0 Å². The number of unbranched alkanes of at least 4 members (excludes halogenated alkanes) is 8. The Bertz CT molecular complexity index is 1180. The Kier molecular flexibility index (Phi) is 14.5. The van der Waals surface area contributed by atoms with Crippen LogP contribution in [-0.4, -0.2) is 38.4 Å². The zero-order valence-corrected chi connectivity index (χ0v) is 26.2. The summed E-state index contributed by atoms with van der Waals surface area (Å²) in [5.41, 5.74) is 2.28. The predicted molar refractivity (Wildman–Crippen MR) is 171 cm³/mol. The summed E-state index contributed by atoms with van der Waals surface area (Å²) in [5.74, 6) is 0.502. The average Bonchev–Trinajstić information content (AvgIpc) is 3.01. The van der Waals surface area contributed by atoms with Gasteiger partial charge in [-0.15, -0.1) is 0 Å². The molecule has 0 aliphatic heterocycles. The van der Waals surface area contributed by atoms with E-state index in [1.165, 1.54) is 25.7 Å². The molecule has 0 atom stereocenters.